The second-order valence-corrected chi connectivity index (χ2v) is 8.22. The van der Waals surface area contributed by atoms with Crippen LogP contribution < -0.4 is 15.4 Å². The van der Waals surface area contributed by atoms with E-state index in [-0.39, 0.29) is 35.4 Å². The number of hydrogen-bond donors (Lipinski definition) is 3. The van der Waals surface area contributed by atoms with E-state index >= 15 is 0 Å². The lowest BCUT2D eigenvalue weighted by Gasteiger charge is -2.12. The minimum atomic E-state index is -3.50. The molecule has 0 atom stereocenters. The lowest BCUT2D eigenvalue weighted by molar-refractivity contribution is 0.580. The van der Waals surface area contributed by atoms with E-state index in [2.05, 4.69) is 20.3 Å². The van der Waals surface area contributed by atoms with Crippen LogP contribution in [0.1, 0.15) is 11.1 Å². The van der Waals surface area contributed by atoms with E-state index in [1.807, 2.05) is 31.2 Å². The molecule has 154 valence electrons. The van der Waals surface area contributed by atoms with Crippen LogP contribution in [0.15, 0.2) is 58.4 Å². The van der Waals surface area contributed by atoms with Crippen LogP contribution in [-0.4, -0.2) is 41.1 Å². The van der Waals surface area contributed by atoms with E-state index < -0.39 is 10.0 Å². The molecule has 2 aromatic rings. The molecule has 0 bridgehead atoms. The molecule has 2 rings (SSSR count). The Hall–Kier alpha value is -1.36. The van der Waals surface area contributed by atoms with Gasteiger partial charge in [-0.05, 0) is 43.2 Å². The average Bonchev–Trinajstić information content (AvgIpc) is 2.65. The summed E-state index contributed by atoms with van der Waals surface area (Å²) in [5.74, 6) is 0.624. The molecule has 0 heterocycles. The summed E-state index contributed by atoms with van der Waals surface area (Å²) in [5.41, 5.74) is 2.19. The van der Waals surface area contributed by atoms with Crippen molar-refractivity contribution in [1.82, 2.24) is 15.4 Å². The molecule has 0 radical (unpaired) electrons. The first-order chi connectivity index (χ1) is 12.9. The number of aliphatic imine (C=N–C) groups is 1. The Morgan fingerprint density at radius 2 is 1.57 bits per heavy atom. The Labute approximate surface area is 189 Å². The molecular formula is C19H26ClIN4O2S. The molecule has 0 unspecified atom stereocenters. The second-order valence-electron chi connectivity index (χ2n) is 6.01. The topological polar surface area (TPSA) is 82.6 Å². The molecule has 0 saturated carbocycles. The summed E-state index contributed by atoms with van der Waals surface area (Å²) in [4.78, 5) is 4.39. The highest BCUT2D eigenvalue weighted by Crippen LogP contribution is 2.10. The fourth-order valence-electron chi connectivity index (χ4n) is 2.36. The first kappa shape index (κ1) is 24.7. The van der Waals surface area contributed by atoms with Crippen molar-refractivity contribution in [1.29, 1.82) is 0 Å². The maximum absolute atomic E-state index is 12.2. The number of sulfonamides is 1. The van der Waals surface area contributed by atoms with Crippen molar-refractivity contribution in [2.24, 2.45) is 4.99 Å². The van der Waals surface area contributed by atoms with Crippen LogP contribution in [0.25, 0.3) is 0 Å². The Morgan fingerprint density at radius 1 is 0.964 bits per heavy atom. The van der Waals surface area contributed by atoms with Crippen molar-refractivity contribution in [3.8, 4) is 0 Å². The number of nitrogens with one attached hydrogen (secondary N) is 3. The Bertz CT molecular complexity index is 857. The SMILES string of the molecule is CN=C(NCCNS(=O)(=O)c1ccc(C)cc1)NCCc1ccc(Cl)cc1.I. The van der Waals surface area contributed by atoms with Gasteiger partial charge in [0.25, 0.3) is 0 Å². The lowest BCUT2D eigenvalue weighted by atomic mass is 10.1. The molecular weight excluding hydrogens is 511 g/mol. The van der Waals surface area contributed by atoms with E-state index in [0.717, 1.165) is 17.0 Å². The van der Waals surface area contributed by atoms with Gasteiger partial charge in [0.05, 0.1) is 4.90 Å². The van der Waals surface area contributed by atoms with Crippen LogP contribution in [0.3, 0.4) is 0 Å². The van der Waals surface area contributed by atoms with Gasteiger partial charge in [0.15, 0.2) is 5.96 Å². The summed E-state index contributed by atoms with van der Waals surface area (Å²) < 4.78 is 27.0. The third-order valence-corrected chi connectivity index (χ3v) is 5.61. The van der Waals surface area contributed by atoms with E-state index in [4.69, 9.17) is 11.6 Å². The van der Waals surface area contributed by atoms with Crippen LogP contribution in [0.2, 0.25) is 5.02 Å². The predicted octanol–water partition coefficient (Wildman–Crippen LogP) is 2.95. The van der Waals surface area contributed by atoms with Crippen molar-refractivity contribution in [2.45, 2.75) is 18.2 Å². The zero-order valence-electron chi connectivity index (χ0n) is 15.9. The van der Waals surface area contributed by atoms with Gasteiger partial charge in [0.1, 0.15) is 0 Å². The molecule has 0 spiro atoms. The number of benzene rings is 2. The van der Waals surface area contributed by atoms with Gasteiger partial charge in [0.2, 0.25) is 10.0 Å². The number of guanidine groups is 1. The third kappa shape index (κ3) is 8.34. The van der Waals surface area contributed by atoms with Gasteiger partial charge >= 0.3 is 0 Å². The summed E-state index contributed by atoms with van der Waals surface area (Å²) in [5, 5.41) is 7.01. The van der Waals surface area contributed by atoms with Crippen LogP contribution >= 0.6 is 35.6 Å². The first-order valence-corrected chi connectivity index (χ1v) is 10.5. The zero-order chi connectivity index (χ0) is 19.7. The Balaban J connectivity index is 0.00000392. The van der Waals surface area contributed by atoms with E-state index in [1.54, 1.807) is 31.3 Å². The van der Waals surface area contributed by atoms with Gasteiger partial charge in [-0.25, -0.2) is 13.1 Å². The highest BCUT2D eigenvalue weighted by atomic mass is 127. The highest BCUT2D eigenvalue weighted by Gasteiger charge is 2.12. The zero-order valence-corrected chi connectivity index (χ0v) is 19.8. The number of hydrogen-bond acceptors (Lipinski definition) is 3. The number of nitrogens with zero attached hydrogens (tertiary/aromatic N) is 1. The first-order valence-electron chi connectivity index (χ1n) is 8.66. The van der Waals surface area contributed by atoms with Crippen molar-refractivity contribution >= 4 is 51.6 Å². The number of halogens is 2. The molecule has 0 aromatic heterocycles. The predicted molar refractivity (Wildman–Crippen MR) is 126 cm³/mol. The van der Waals surface area contributed by atoms with Gasteiger partial charge in [-0.2, -0.15) is 0 Å². The Kier molecular flexibility index (Phi) is 10.8. The molecule has 9 heteroatoms. The summed E-state index contributed by atoms with van der Waals surface area (Å²) in [6.07, 6.45) is 0.831. The second kappa shape index (κ2) is 12.3. The number of rotatable bonds is 8. The van der Waals surface area contributed by atoms with Crippen molar-refractivity contribution in [3.05, 3.63) is 64.7 Å². The van der Waals surface area contributed by atoms with E-state index in [0.29, 0.717) is 19.0 Å². The molecule has 2 aromatic carbocycles. The van der Waals surface area contributed by atoms with Gasteiger partial charge in [-0.3, -0.25) is 4.99 Å². The van der Waals surface area contributed by atoms with Gasteiger partial charge in [-0.15, -0.1) is 24.0 Å². The molecule has 0 aliphatic carbocycles. The third-order valence-electron chi connectivity index (χ3n) is 3.88. The molecule has 3 N–H and O–H groups in total. The molecule has 0 saturated heterocycles. The largest absolute Gasteiger partial charge is 0.356 e. The molecule has 0 aliphatic rings. The van der Waals surface area contributed by atoms with Crippen LogP contribution in [0.5, 0.6) is 0 Å². The van der Waals surface area contributed by atoms with Crippen LogP contribution in [-0.2, 0) is 16.4 Å². The summed E-state index contributed by atoms with van der Waals surface area (Å²) in [7, 11) is -1.82. The lowest BCUT2D eigenvalue weighted by Crippen LogP contribution is -2.42. The number of aryl methyl sites for hydroxylation is 1. The van der Waals surface area contributed by atoms with Gasteiger partial charge in [0, 0.05) is 31.7 Å². The fourth-order valence-corrected chi connectivity index (χ4v) is 3.52. The van der Waals surface area contributed by atoms with Crippen molar-refractivity contribution in [2.75, 3.05) is 26.7 Å². The molecule has 0 fully saturated rings. The average molecular weight is 537 g/mol. The van der Waals surface area contributed by atoms with Gasteiger partial charge in [-0.1, -0.05) is 41.4 Å². The Morgan fingerprint density at radius 3 is 2.18 bits per heavy atom. The monoisotopic (exact) mass is 536 g/mol. The maximum Gasteiger partial charge on any atom is 0.240 e. The van der Waals surface area contributed by atoms with Crippen LogP contribution in [0, 0.1) is 6.92 Å². The van der Waals surface area contributed by atoms with E-state index in [9.17, 15) is 8.42 Å². The molecule has 0 amide bonds. The summed E-state index contributed by atoms with van der Waals surface area (Å²) in [6, 6.07) is 14.5. The summed E-state index contributed by atoms with van der Waals surface area (Å²) >= 11 is 5.87. The minimum Gasteiger partial charge on any atom is -0.356 e. The fraction of sp³-hybridized carbons (Fsp3) is 0.316. The van der Waals surface area contributed by atoms with Crippen LogP contribution in [0.4, 0.5) is 0 Å². The van der Waals surface area contributed by atoms with Crippen molar-refractivity contribution < 1.29 is 8.42 Å². The standard InChI is InChI=1S/C19H25ClN4O2S.HI/c1-15-3-9-18(10-4-15)27(25,26)24-14-13-23-19(21-2)22-12-11-16-5-7-17(20)8-6-16;/h3-10,24H,11-14H2,1-2H3,(H2,21,22,23);1H. The molecule has 0 aliphatic heterocycles. The van der Waals surface area contributed by atoms with Gasteiger partial charge < -0.3 is 10.6 Å². The smallest absolute Gasteiger partial charge is 0.240 e. The van der Waals surface area contributed by atoms with Crippen molar-refractivity contribution in [3.63, 3.8) is 0 Å². The quantitative estimate of drug-likeness (QED) is 0.210. The summed E-state index contributed by atoms with van der Waals surface area (Å²) in [6.45, 7) is 3.30. The maximum atomic E-state index is 12.2. The molecule has 6 nitrogen and oxygen atoms in total. The van der Waals surface area contributed by atoms with E-state index in [1.165, 1.54) is 5.56 Å². The minimum absolute atomic E-state index is 0. The molecule has 28 heavy (non-hydrogen) atoms. The highest BCUT2D eigenvalue weighted by molar-refractivity contribution is 14.0. The normalized spacial score (nSPS) is 11.6.